The Morgan fingerprint density at radius 3 is 2.74 bits per heavy atom. The van der Waals surface area contributed by atoms with Crippen LogP contribution in [0, 0.1) is 6.92 Å². The van der Waals surface area contributed by atoms with E-state index in [1.165, 1.54) is 0 Å². The molecule has 2 N–H and O–H groups in total. The molecular weight excluding hydrogens is 294 g/mol. The maximum Gasteiger partial charge on any atom is 0.257 e. The number of anilines is 1. The lowest BCUT2D eigenvalue weighted by Crippen LogP contribution is -2.39. The normalized spacial score (nSPS) is 16.0. The molecule has 0 aromatic carbocycles. The Morgan fingerprint density at radius 1 is 1.39 bits per heavy atom. The number of carbonyl (C=O) groups excluding carboxylic acids is 1. The molecular formula is C16H23N5O2. The zero-order valence-electron chi connectivity index (χ0n) is 13.7. The number of nitrogens with two attached hydrogens (primary N) is 1. The van der Waals surface area contributed by atoms with Crippen LogP contribution in [0.2, 0.25) is 0 Å². The van der Waals surface area contributed by atoms with Crippen molar-refractivity contribution in [1.82, 2.24) is 19.7 Å². The summed E-state index contributed by atoms with van der Waals surface area (Å²) in [6.45, 7) is 5.39. The van der Waals surface area contributed by atoms with E-state index in [-0.39, 0.29) is 11.9 Å². The average Bonchev–Trinajstić information content (AvgIpc) is 3.14. The van der Waals surface area contributed by atoms with Crippen molar-refractivity contribution in [1.29, 1.82) is 0 Å². The van der Waals surface area contributed by atoms with Crippen LogP contribution in [0.15, 0.2) is 16.7 Å². The maximum atomic E-state index is 12.7. The van der Waals surface area contributed by atoms with E-state index in [0.717, 1.165) is 37.3 Å². The lowest BCUT2D eigenvalue weighted by Gasteiger charge is -2.33. The summed E-state index contributed by atoms with van der Waals surface area (Å²) in [5.74, 6) is 2.13. The third-order valence-corrected chi connectivity index (χ3v) is 4.46. The van der Waals surface area contributed by atoms with Gasteiger partial charge in [-0.25, -0.2) is 0 Å². The molecule has 0 bridgehead atoms. The molecule has 1 fully saturated rings. The third kappa shape index (κ3) is 2.95. The molecule has 0 radical (unpaired) electrons. The van der Waals surface area contributed by atoms with Gasteiger partial charge in [-0.3, -0.25) is 9.36 Å². The van der Waals surface area contributed by atoms with Gasteiger partial charge in [0.1, 0.15) is 11.6 Å². The van der Waals surface area contributed by atoms with Crippen LogP contribution in [0.1, 0.15) is 54.2 Å². The first-order valence-electron chi connectivity index (χ1n) is 8.14. The van der Waals surface area contributed by atoms with E-state index < -0.39 is 0 Å². The van der Waals surface area contributed by atoms with Crippen molar-refractivity contribution in [2.24, 2.45) is 0 Å². The quantitative estimate of drug-likeness (QED) is 0.933. The molecule has 1 aliphatic rings. The Morgan fingerprint density at radius 2 is 2.13 bits per heavy atom. The number of hydrogen-bond acceptors (Lipinski definition) is 5. The number of furan rings is 1. The summed E-state index contributed by atoms with van der Waals surface area (Å²) < 4.78 is 7.42. The first-order valence-corrected chi connectivity index (χ1v) is 8.14. The van der Waals surface area contributed by atoms with Crippen molar-refractivity contribution in [3.63, 3.8) is 0 Å². The highest BCUT2D eigenvalue weighted by molar-refractivity contribution is 5.95. The summed E-state index contributed by atoms with van der Waals surface area (Å²) >= 11 is 0. The minimum absolute atomic E-state index is 0.0640. The summed E-state index contributed by atoms with van der Waals surface area (Å²) in [4.78, 5) is 14.6. The van der Waals surface area contributed by atoms with E-state index in [0.29, 0.717) is 24.6 Å². The monoisotopic (exact) mass is 317 g/mol. The van der Waals surface area contributed by atoms with Crippen LogP contribution in [0.5, 0.6) is 0 Å². The van der Waals surface area contributed by atoms with E-state index >= 15 is 0 Å². The zero-order valence-corrected chi connectivity index (χ0v) is 13.7. The van der Waals surface area contributed by atoms with E-state index in [4.69, 9.17) is 10.2 Å². The summed E-state index contributed by atoms with van der Waals surface area (Å²) in [5.41, 5.74) is 6.59. The number of piperidine rings is 1. The molecule has 0 aliphatic carbocycles. The van der Waals surface area contributed by atoms with Crippen LogP contribution in [-0.2, 0) is 6.42 Å². The molecule has 1 saturated heterocycles. The van der Waals surface area contributed by atoms with Crippen molar-refractivity contribution < 1.29 is 9.21 Å². The molecule has 1 amide bonds. The van der Waals surface area contributed by atoms with Gasteiger partial charge in [-0.05, 0) is 32.3 Å². The number of rotatable bonds is 4. The van der Waals surface area contributed by atoms with Gasteiger partial charge in [0.15, 0.2) is 0 Å². The van der Waals surface area contributed by atoms with E-state index in [1.807, 2.05) is 16.4 Å². The Hall–Kier alpha value is -2.31. The van der Waals surface area contributed by atoms with Gasteiger partial charge in [0, 0.05) is 25.6 Å². The second-order valence-electron chi connectivity index (χ2n) is 6.01. The predicted molar refractivity (Wildman–Crippen MR) is 86.0 cm³/mol. The van der Waals surface area contributed by atoms with Gasteiger partial charge in [-0.15, -0.1) is 10.2 Å². The Bertz CT molecular complexity index is 663. The third-order valence-electron chi connectivity index (χ3n) is 4.46. The summed E-state index contributed by atoms with van der Waals surface area (Å²) in [5, 5.41) is 7.93. The topological polar surface area (TPSA) is 90.2 Å². The molecule has 7 nitrogen and oxygen atoms in total. The molecule has 0 saturated carbocycles. The van der Waals surface area contributed by atoms with Crippen LogP contribution < -0.4 is 5.73 Å². The maximum absolute atomic E-state index is 12.7. The lowest BCUT2D eigenvalue weighted by atomic mass is 10.0. The summed E-state index contributed by atoms with van der Waals surface area (Å²) in [6, 6.07) is 2.04. The molecule has 0 unspecified atom stereocenters. The van der Waals surface area contributed by atoms with Crippen LogP contribution in [0.25, 0.3) is 0 Å². The Balaban J connectivity index is 1.67. The number of carbonyl (C=O) groups is 1. The Kier molecular flexibility index (Phi) is 4.36. The number of nitrogen functional groups attached to an aromatic ring is 1. The number of aryl methyl sites for hydroxylation is 2. The minimum Gasteiger partial charge on any atom is -0.469 e. The van der Waals surface area contributed by atoms with Gasteiger partial charge in [0.25, 0.3) is 5.91 Å². The molecule has 7 heteroatoms. The minimum atomic E-state index is 0.0640. The number of hydrogen-bond donors (Lipinski definition) is 1. The highest BCUT2D eigenvalue weighted by Crippen LogP contribution is 2.27. The number of likely N-dealkylation sites (tertiary alicyclic amines) is 1. The van der Waals surface area contributed by atoms with Crippen LogP contribution in [0.4, 0.5) is 5.95 Å². The van der Waals surface area contributed by atoms with E-state index in [1.54, 1.807) is 12.3 Å². The fourth-order valence-corrected chi connectivity index (χ4v) is 3.29. The Labute approximate surface area is 135 Å². The summed E-state index contributed by atoms with van der Waals surface area (Å²) in [7, 11) is 0. The van der Waals surface area contributed by atoms with Gasteiger partial charge in [-0.1, -0.05) is 6.92 Å². The summed E-state index contributed by atoms with van der Waals surface area (Å²) in [6.07, 6.45) is 5.07. The van der Waals surface area contributed by atoms with Gasteiger partial charge in [0.05, 0.1) is 11.8 Å². The molecule has 3 rings (SSSR count). The second-order valence-corrected chi connectivity index (χ2v) is 6.01. The van der Waals surface area contributed by atoms with Crippen molar-refractivity contribution in [3.05, 3.63) is 29.5 Å². The highest BCUT2D eigenvalue weighted by Gasteiger charge is 2.28. The SMILES string of the molecule is CCCc1occc1C(=O)N1CCC(n2c(C)nnc2N)CC1. The molecule has 0 atom stereocenters. The number of nitrogens with zero attached hydrogens (tertiary/aromatic N) is 4. The fourth-order valence-electron chi connectivity index (χ4n) is 3.29. The predicted octanol–water partition coefficient (Wildman–Crippen LogP) is 2.19. The van der Waals surface area contributed by atoms with Crippen LogP contribution in [0.3, 0.4) is 0 Å². The standard InChI is InChI=1S/C16H23N5O2/c1-3-4-14-13(7-10-23-14)15(22)20-8-5-12(6-9-20)21-11(2)18-19-16(21)17/h7,10,12H,3-6,8-9H2,1-2H3,(H2,17,19). The smallest absolute Gasteiger partial charge is 0.257 e. The van der Waals surface area contributed by atoms with E-state index in [2.05, 4.69) is 17.1 Å². The molecule has 3 heterocycles. The lowest BCUT2D eigenvalue weighted by molar-refractivity contribution is 0.0692. The number of amides is 1. The highest BCUT2D eigenvalue weighted by atomic mass is 16.3. The fraction of sp³-hybridized carbons (Fsp3) is 0.562. The van der Waals surface area contributed by atoms with Gasteiger partial charge >= 0.3 is 0 Å². The molecule has 2 aromatic rings. The van der Waals surface area contributed by atoms with Crippen molar-refractivity contribution in [2.75, 3.05) is 18.8 Å². The molecule has 124 valence electrons. The van der Waals surface area contributed by atoms with Crippen LogP contribution in [-0.4, -0.2) is 38.7 Å². The largest absolute Gasteiger partial charge is 0.469 e. The van der Waals surface area contributed by atoms with Gasteiger partial charge in [-0.2, -0.15) is 0 Å². The van der Waals surface area contributed by atoms with Crippen molar-refractivity contribution >= 4 is 11.9 Å². The van der Waals surface area contributed by atoms with Gasteiger partial charge in [0.2, 0.25) is 5.95 Å². The number of aromatic nitrogens is 3. The first-order chi connectivity index (χ1) is 11.1. The zero-order chi connectivity index (χ0) is 16.4. The average molecular weight is 317 g/mol. The van der Waals surface area contributed by atoms with Crippen molar-refractivity contribution in [3.8, 4) is 0 Å². The van der Waals surface area contributed by atoms with Crippen LogP contribution >= 0.6 is 0 Å². The first kappa shape index (κ1) is 15.6. The van der Waals surface area contributed by atoms with Gasteiger partial charge < -0.3 is 15.1 Å². The van der Waals surface area contributed by atoms with E-state index in [9.17, 15) is 4.79 Å². The molecule has 2 aromatic heterocycles. The van der Waals surface area contributed by atoms with Crippen molar-refractivity contribution in [2.45, 2.75) is 45.6 Å². The molecule has 1 aliphatic heterocycles. The molecule has 23 heavy (non-hydrogen) atoms. The molecule has 0 spiro atoms. The second kappa shape index (κ2) is 6.44.